The molecule has 0 spiro atoms. The Kier molecular flexibility index (Phi) is 4.78. The molecule has 2 heterocycles. The van der Waals surface area contributed by atoms with E-state index in [1.54, 1.807) is 32.0 Å². The van der Waals surface area contributed by atoms with Crippen LogP contribution < -0.4 is 16.2 Å². The van der Waals surface area contributed by atoms with Gasteiger partial charge in [-0.25, -0.2) is 14.2 Å². The van der Waals surface area contributed by atoms with Crippen LogP contribution in [0.5, 0.6) is 0 Å². The molecule has 2 amide bonds. The number of aryl methyl sites for hydroxylation is 2. The van der Waals surface area contributed by atoms with E-state index in [0.717, 1.165) is 5.56 Å². The van der Waals surface area contributed by atoms with Gasteiger partial charge in [0.1, 0.15) is 11.6 Å². The number of aromatic nitrogens is 4. The van der Waals surface area contributed by atoms with Crippen molar-refractivity contribution >= 4 is 11.8 Å². The molecule has 0 aliphatic carbocycles. The first-order valence-electron chi connectivity index (χ1n) is 7.85. The van der Waals surface area contributed by atoms with Crippen molar-refractivity contribution in [3.05, 3.63) is 69.5 Å². The Morgan fingerprint density at radius 1 is 1.19 bits per heavy atom. The van der Waals surface area contributed by atoms with Gasteiger partial charge in [-0.1, -0.05) is 12.1 Å². The van der Waals surface area contributed by atoms with E-state index in [2.05, 4.69) is 25.7 Å². The lowest BCUT2D eigenvalue weighted by molar-refractivity contribution is 0.251. The Balaban J connectivity index is 1.74. The number of aromatic amines is 1. The SMILES string of the molecule is Cc1cc(=O)[nH]c(-n2nc(C)cc2NC(=O)NCc2ccc(F)cc2)n1. The molecule has 0 saturated heterocycles. The van der Waals surface area contributed by atoms with Gasteiger partial charge in [-0.2, -0.15) is 9.78 Å². The van der Waals surface area contributed by atoms with Crippen LogP contribution in [0.25, 0.3) is 5.95 Å². The lowest BCUT2D eigenvalue weighted by Crippen LogP contribution is -2.29. The lowest BCUT2D eigenvalue weighted by atomic mass is 10.2. The molecule has 8 nitrogen and oxygen atoms in total. The summed E-state index contributed by atoms with van der Waals surface area (Å²) < 4.78 is 14.2. The standard InChI is InChI=1S/C17H17FN6O2/c1-10-8-15(25)22-16(20-10)24-14(7-11(2)23-24)21-17(26)19-9-12-3-5-13(18)6-4-12/h3-8H,9H2,1-2H3,(H2,19,21,26)(H,20,22,25). The first kappa shape index (κ1) is 17.3. The molecule has 134 valence electrons. The first-order valence-corrected chi connectivity index (χ1v) is 7.85. The summed E-state index contributed by atoms with van der Waals surface area (Å²) in [7, 11) is 0. The second-order valence-corrected chi connectivity index (χ2v) is 5.73. The van der Waals surface area contributed by atoms with Crippen molar-refractivity contribution in [2.75, 3.05) is 5.32 Å². The van der Waals surface area contributed by atoms with Crippen molar-refractivity contribution in [3.63, 3.8) is 0 Å². The number of halogens is 1. The summed E-state index contributed by atoms with van der Waals surface area (Å²) in [5.41, 5.74) is 1.62. The third-order valence-electron chi connectivity index (χ3n) is 3.50. The lowest BCUT2D eigenvalue weighted by Gasteiger charge is -2.09. The Morgan fingerprint density at radius 2 is 1.92 bits per heavy atom. The molecule has 9 heteroatoms. The van der Waals surface area contributed by atoms with Crippen LogP contribution in [0.2, 0.25) is 0 Å². The molecule has 0 unspecified atom stereocenters. The molecule has 1 aromatic carbocycles. The fraction of sp³-hybridized carbons (Fsp3) is 0.176. The normalized spacial score (nSPS) is 10.6. The van der Waals surface area contributed by atoms with Gasteiger partial charge in [0.2, 0.25) is 5.95 Å². The third kappa shape index (κ3) is 4.12. The van der Waals surface area contributed by atoms with Crippen molar-refractivity contribution in [2.45, 2.75) is 20.4 Å². The fourth-order valence-corrected chi connectivity index (χ4v) is 2.36. The van der Waals surface area contributed by atoms with E-state index in [-0.39, 0.29) is 23.9 Å². The highest BCUT2D eigenvalue weighted by Gasteiger charge is 2.13. The van der Waals surface area contributed by atoms with Gasteiger partial charge in [0, 0.05) is 24.4 Å². The molecule has 0 aliphatic rings. The molecular formula is C17H17FN6O2. The van der Waals surface area contributed by atoms with Gasteiger partial charge in [0.25, 0.3) is 5.56 Å². The summed E-state index contributed by atoms with van der Waals surface area (Å²) in [5, 5.41) is 9.58. The van der Waals surface area contributed by atoms with Crippen molar-refractivity contribution < 1.29 is 9.18 Å². The fourth-order valence-electron chi connectivity index (χ4n) is 2.36. The average Bonchev–Trinajstić information content (AvgIpc) is 2.94. The molecule has 0 fully saturated rings. The molecular weight excluding hydrogens is 339 g/mol. The maximum absolute atomic E-state index is 12.9. The van der Waals surface area contributed by atoms with Crippen LogP contribution in [0, 0.1) is 19.7 Å². The zero-order valence-corrected chi connectivity index (χ0v) is 14.2. The van der Waals surface area contributed by atoms with Crippen molar-refractivity contribution in [1.29, 1.82) is 0 Å². The second-order valence-electron chi connectivity index (χ2n) is 5.73. The van der Waals surface area contributed by atoms with E-state index in [0.29, 0.717) is 17.2 Å². The molecule has 3 N–H and O–H groups in total. The Labute approximate surface area is 148 Å². The van der Waals surface area contributed by atoms with E-state index in [9.17, 15) is 14.0 Å². The highest BCUT2D eigenvalue weighted by atomic mass is 19.1. The Hall–Kier alpha value is -3.49. The van der Waals surface area contributed by atoms with Crippen LogP contribution in [-0.4, -0.2) is 25.8 Å². The van der Waals surface area contributed by atoms with E-state index in [1.807, 2.05) is 0 Å². The van der Waals surface area contributed by atoms with E-state index < -0.39 is 6.03 Å². The second kappa shape index (κ2) is 7.18. The molecule has 0 bridgehead atoms. The monoisotopic (exact) mass is 356 g/mol. The quantitative estimate of drug-likeness (QED) is 0.665. The average molecular weight is 356 g/mol. The van der Waals surface area contributed by atoms with E-state index in [4.69, 9.17) is 0 Å². The Bertz CT molecular complexity index is 993. The minimum atomic E-state index is -0.467. The number of urea groups is 1. The molecule has 2 aromatic heterocycles. The number of carbonyl (C=O) groups is 1. The predicted molar refractivity (Wildman–Crippen MR) is 93.7 cm³/mol. The maximum atomic E-state index is 12.9. The number of anilines is 1. The number of hydrogen-bond donors (Lipinski definition) is 3. The number of amides is 2. The van der Waals surface area contributed by atoms with Crippen molar-refractivity contribution in [1.82, 2.24) is 25.1 Å². The molecule has 3 rings (SSSR count). The minimum absolute atomic E-state index is 0.205. The molecule has 0 atom stereocenters. The summed E-state index contributed by atoms with van der Waals surface area (Å²) >= 11 is 0. The van der Waals surface area contributed by atoms with Crippen LogP contribution in [0.15, 0.2) is 41.2 Å². The van der Waals surface area contributed by atoms with E-state index in [1.165, 1.54) is 22.9 Å². The molecule has 3 aromatic rings. The summed E-state index contributed by atoms with van der Waals surface area (Å²) in [5.74, 6) is 0.224. The minimum Gasteiger partial charge on any atom is -0.334 e. The first-order chi connectivity index (χ1) is 12.4. The number of H-pyrrole nitrogens is 1. The summed E-state index contributed by atoms with van der Waals surface area (Å²) in [6, 6.07) is 8.38. The van der Waals surface area contributed by atoms with Crippen LogP contribution in [-0.2, 0) is 6.54 Å². The highest BCUT2D eigenvalue weighted by molar-refractivity contribution is 5.88. The summed E-state index contributed by atoms with van der Waals surface area (Å²) in [6.07, 6.45) is 0. The third-order valence-corrected chi connectivity index (χ3v) is 3.50. The zero-order valence-electron chi connectivity index (χ0n) is 14.2. The molecule has 26 heavy (non-hydrogen) atoms. The summed E-state index contributed by atoms with van der Waals surface area (Å²) in [6.45, 7) is 3.68. The number of carbonyl (C=O) groups excluding carboxylic acids is 1. The molecule has 0 aliphatic heterocycles. The maximum Gasteiger partial charge on any atom is 0.320 e. The van der Waals surface area contributed by atoms with Crippen LogP contribution in [0.1, 0.15) is 17.0 Å². The van der Waals surface area contributed by atoms with Gasteiger partial charge in [0.15, 0.2) is 0 Å². The van der Waals surface area contributed by atoms with Gasteiger partial charge in [-0.05, 0) is 31.5 Å². The number of benzene rings is 1. The van der Waals surface area contributed by atoms with Gasteiger partial charge in [-0.15, -0.1) is 0 Å². The summed E-state index contributed by atoms with van der Waals surface area (Å²) in [4.78, 5) is 30.6. The van der Waals surface area contributed by atoms with Crippen LogP contribution in [0.4, 0.5) is 15.0 Å². The van der Waals surface area contributed by atoms with E-state index >= 15 is 0 Å². The number of rotatable bonds is 4. The molecule has 0 saturated carbocycles. The number of nitrogens with one attached hydrogen (secondary N) is 3. The molecule has 0 radical (unpaired) electrons. The largest absolute Gasteiger partial charge is 0.334 e. The predicted octanol–water partition coefficient (Wildman–Crippen LogP) is 2.03. The van der Waals surface area contributed by atoms with Crippen molar-refractivity contribution in [2.24, 2.45) is 0 Å². The highest BCUT2D eigenvalue weighted by Crippen LogP contribution is 2.13. The van der Waals surface area contributed by atoms with Gasteiger partial charge >= 0.3 is 6.03 Å². The van der Waals surface area contributed by atoms with Gasteiger partial charge < -0.3 is 5.32 Å². The number of hydrogen-bond acceptors (Lipinski definition) is 4. The number of nitrogens with zero attached hydrogens (tertiary/aromatic N) is 3. The van der Waals surface area contributed by atoms with Crippen molar-refractivity contribution in [3.8, 4) is 5.95 Å². The topological polar surface area (TPSA) is 105 Å². The smallest absolute Gasteiger partial charge is 0.320 e. The van der Waals surface area contributed by atoms with Crippen LogP contribution >= 0.6 is 0 Å². The van der Waals surface area contributed by atoms with Crippen LogP contribution in [0.3, 0.4) is 0 Å². The van der Waals surface area contributed by atoms with Gasteiger partial charge in [0.05, 0.1) is 5.69 Å². The van der Waals surface area contributed by atoms with Gasteiger partial charge in [-0.3, -0.25) is 15.1 Å². The Morgan fingerprint density at radius 3 is 2.62 bits per heavy atom. The zero-order chi connectivity index (χ0) is 18.7.